The highest BCUT2D eigenvalue weighted by atomic mass is 16.6. The van der Waals surface area contributed by atoms with Crippen molar-refractivity contribution in [2.75, 3.05) is 31.6 Å². The number of anilines is 1. The van der Waals surface area contributed by atoms with Crippen LogP contribution in [0.4, 0.5) is 11.4 Å². The van der Waals surface area contributed by atoms with Gasteiger partial charge in [-0.15, -0.1) is 0 Å². The van der Waals surface area contributed by atoms with Crippen molar-refractivity contribution in [1.29, 1.82) is 0 Å². The molecule has 1 aliphatic heterocycles. The summed E-state index contributed by atoms with van der Waals surface area (Å²) in [6.45, 7) is 4.82. The maximum Gasteiger partial charge on any atom is 0.296 e. The van der Waals surface area contributed by atoms with Crippen molar-refractivity contribution in [3.8, 4) is 5.75 Å². The minimum Gasteiger partial charge on any atom is -0.496 e. The zero-order valence-corrected chi connectivity index (χ0v) is 12.7. The van der Waals surface area contributed by atoms with E-state index in [2.05, 4.69) is 17.1 Å². The van der Waals surface area contributed by atoms with Gasteiger partial charge >= 0.3 is 0 Å². The van der Waals surface area contributed by atoms with Gasteiger partial charge in [0.05, 0.1) is 18.1 Å². The van der Waals surface area contributed by atoms with Crippen LogP contribution < -0.4 is 15.0 Å². The average molecular weight is 293 g/mol. The Morgan fingerprint density at radius 1 is 1.52 bits per heavy atom. The summed E-state index contributed by atoms with van der Waals surface area (Å²) >= 11 is 0. The van der Waals surface area contributed by atoms with Gasteiger partial charge in [-0.05, 0) is 37.9 Å². The second-order valence-electron chi connectivity index (χ2n) is 5.31. The van der Waals surface area contributed by atoms with Crippen molar-refractivity contribution >= 4 is 11.4 Å². The van der Waals surface area contributed by atoms with E-state index in [4.69, 9.17) is 4.74 Å². The number of hydrogen-bond acceptors (Lipinski definition) is 5. The number of piperidine rings is 1. The van der Waals surface area contributed by atoms with Gasteiger partial charge in [-0.25, -0.2) is 0 Å². The fourth-order valence-electron chi connectivity index (χ4n) is 2.86. The molecule has 0 amide bonds. The van der Waals surface area contributed by atoms with Crippen LogP contribution in [0.1, 0.15) is 26.2 Å². The minimum absolute atomic E-state index is 0.119. The van der Waals surface area contributed by atoms with Crippen molar-refractivity contribution < 1.29 is 9.66 Å². The van der Waals surface area contributed by atoms with E-state index < -0.39 is 0 Å². The molecule has 1 unspecified atom stereocenters. The van der Waals surface area contributed by atoms with Crippen LogP contribution in [0.15, 0.2) is 18.2 Å². The molecule has 21 heavy (non-hydrogen) atoms. The average Bonchev–Trinajstić information content (AvgIpc) is 2.53. The summed E-state index contributed by atoms with van der Waals surface area (Å²) in [7, 11) is 1.52. The molecule has 0 aromatic heterocycles. The maximum atomic E-state index is 11.4. The van der Waals surface area contributed by atoms with Crippen molar-refractivity contribution in [2.24, 2.45) is 0 Å². The van der Waals surface area contributed by atoms with Crippen LogP contribution in [0, 0.1) is 10.1 Å². The van der Waals surface area contributed by atoms with E-state index >= 15 is 0 Å². The lowest BCUT2D eigenvalue weighted by Gasteiger charge is -2.36. The highest BCUT2D eigenvalue weighted by Gasteiger charge is 2.26. The summed E-state index contributed by atoms with van der Waals surface area (Å²) in [5.74, 6) is 0.517. The van der Waals surface area contributed by atoms with Gasteiger partial charge in [-0.2, -0.15) is 0 Å². The lowest BCUT2D eigenvalue weighted by molar-refractivity contribution is -0.384. The number of rotatable bonds is 6. The number of methoxy groups -OCH3 is 1. The third-order valence-electron chi connectivity index (χ3n) is 3.86. The molecule has 0 aliphatic carbocycles. The zero-order chi connectivity index (χ0) is 15.2. The molecule has 1 heterocycles. The molecular weight excluding hydrogens is 270 g/mol. The van der Waals surface area contributed by atoms with Crippen molar-refractivity contribution in [3.63, 3.8) is 0 Å². The Kier molecular flexibility index (Phi) is 5.38. The first kappa shape index (κ1) is 15.6. The number of benzene rings is 1. The van der Waals surface area contributed by atoms with Gasteiger partial charge in [-0.1, -0.05) is 6.92 Å². The molecular formula is C15H23N3O3. The number of ether oxygens (including phenoxy) is 1. The summed E-state index contributed by atoms with van der Waals surface area (Å²) in [5.41, 5.74) is 0.810. The smallest absolute Gasteiger partial charge is 0.296 e. The molecule has 1 atom stereocenters. The van der Waals surface area contributed by atoms with Crippen molar-refractivity contribution in [3.05, 3.63) is 28.3 Å². The van der Waals surface area contributed by atoms with E-state index in [1.54, 1.807) is 12.1 Å². The highest BCUT2D eigenvalue weighted by Crippen LogP contribution is 2.34. The topological polar surface area (TPSA) is 67.6 Å². The Morgan fingerprint density at radius 3 is 2.90 bits per heavy atom. The SMILES string of the molecule is CCCN(c1ccc(OC)cc1[N+](=O)[O-])C1CCCNC1. The lowest BCUT2D eigenvalue weighted by atomic mass is 10.0. The van der Waals surface area contributed by atoms with E-state index in [-0.39, 0.29) is 10.6 Å². The number of nitro benzene ring substituents is 1. The summed E-state index contributed by atoms with van der Waals surface area (Å²) in [4.78, 5) is 13.2. The number of nitrogens with one attached hydrogen (secondary N) is 1. The van der Waals surface area contributed by atoms with Crippen LogP contribution in [0.3, 0.4) is 0 Å². The third kappa shape index (κ3) is 3.64. The molecule has 0 bridgehead atoms. The Balaban J connectivity index is 2.36. The van der Waals surface area contributed by atoms with Gasteiger partial charge < -0.3 is 15.0 Å². The zero-order valence-electron chi connectivity index (χ0n) is 12.7. The fourth-order valence-corrected chi connectivity index (χ4v) is 2.86. The molecule has 1 aromatic rings. The molecule has 0 radical (unpaired) electrons. The molecule has 2 rings (SSSR count). The molecule has 1 fully saturated rings. The summed E-state index contributed by atoms with van der Waals surface area (Å²) in [6, 6.07) is 5.42. The van der Waals surface area contributed by atoms with Gasteiger partial charge in [0.15, 0.2) is 0 Å². The number of nitrogens with zero attached hydrogens (tertiary/aromatic N) is 2. The monoisotopic (exact) mass is 293 g/mol. The summed E-state index contributed by atoms with van der Waals surface area (Å²) < 4.78 is 5.11. The highest BCUT2D eigenvalue weighted by molar-refractivity contribution is 5.66. The molecule has 0 saturated carbocycles. The Labute approximate surface area is 125 Å². The predicted octanol–water partition coefficient (Wildman–Crippen LogP) is 2.57. The Bertz CT molecular complexity index is 487. The van der Waals surface area contributed by atoms with Crippen LogP contribution in [0.5, 0.6) is 5.75 Å². The van der Waals surface area contributed by atoms with E-state index in [1.807, 2.05) is 0 Å². The van der Waals surface area contributed by atoms with Gasteiger partial charge in [0.25, 0.3) is 5.69 Å². The number of hydrogen-bond donors (Lipinski definition) is 1. The molecule has 6 heteroatoms. The third-order valence-corrected chi connectivity index (χ3v) is 3.86. The van der Waals surface area contributed by atoms with E-state index in [0.717, 1.165) is 38.9 Å². The fraction of sp³-hybridized carbons (Fsp3) is 0.600. The largest absolute Gasteiger partial charge is 0.496 e. The van der Waals surface area contributed by atoms with Crippen LogP contribution in [0.25, 0.3) is 0 Å². The quantitative estimate of drug-likeness (QED) is 0.645. The molecule has 1 aliphatic rings. The first-order valence-corrected chi connectivity index (χ1v) is 7.47. The lowest BCUT2D eigenvalue weighted by Crippen LogP contribution is -2.46. The van der Waals surface area contributed by atoms with Crippen LogP contribution in [0.2, 0.25) is 0 Å². The molecule has 1 saturated heterocycles. The van der Waals surface area contributed by atoms with Gasteiger partial charge in [-0.3, -0.25) is 10.1 Å². The molecule has 116 valence electrons. The van der Waals surface area contributed by atoms with Crippen LogP contribution in [-0.4, -0.2) is 37.7 Å². The second kappa shape index (κ2) is 7.26. The van der Waals surface area contributed by atoms with Gasteiger partial charge in [0.1, 0.15) is 11.4 Å². The van der Waals surface area contributed by atoms with E-state index in [9.17, 15) is 10.1 Å². The summed E-state index contributed by atoms with van der Waals surface area (Å²) in [6.07, 6.45) is 3.13. The first-order valence-electron chi connectivity index (χ1n) is 7.47. The van der Waals surface area contributed by atoms with Crippen molar-refractivity contribution in [1.82, 2.24) is 5.32 Å². The van der Waals surface area contributed by atoms with E-state index in [1.165, 1.54) is 13.2 Å². The molecule has 1 aromatic carbocycles. The molecule has 1 N–H and O–H groups in total. The maximum absolute atomic E-state index is 11.4. The van der Waals surface area contributed by atoms with Crippen LogP contribution in [-0.2, 0) is 0 Å². The molecule has 6 nitrogen and oxygen atoms in total. The summed E-state index contributed by atoms with van der Waals surface area (Å²) in [5, 5.41) is 14.8. The van der Waals surface area contributed by atoms with Crippen molar-refractivity contribution in [2.45, 2.75) is 32.2 Å². The first-order chi connectivity index (χ1) is 10.2. The predicted molar refractivity (Wildman–Crippen MR) is 83.2 cm³/mol. The Hall–Kier alpha value is -1.82. The normalized spacial score (nSPS) is 18.3. The minimum atomic E-state index is -0.323. The van der Waals surface area contributed by atoms with E-state index in [0.29, 0.717) is 17.5 Å². The Morgan fingerprint density at radius 2 is 2.33 bits per heavy atom. The van der Waals surface area contributed by atoms with Crippen LogP contribution >= 0.6 is 0 Å². The second-order valence-corrected chi connectivity index (χ2v) is 5.31. The van der Waals surface area contributed by atoms with Gasteiger partial charge in [0, 0.05) is 19.1 Å². The standard InChI is InChI=1S/C15H23N3O3/c1-3-9-17(12-5-4-8-16-11-12)14-7-6-13(21-2)10-15(14)18(19)20/h6-7,10,12,16H,3-5,8-9,11H2,1-2H3. The van der Waals surface area contributed by atoms with Gasteiger partial charge in [0.2, 0.25) is 0 Å². The molecule has 0 spiro atoms. The number of nitro groups is 1.